The average Bonchev–Trinajstić information content (AvgIpc) is 3.26. The van der Waals surface area contributed by atoms with Crippen LogP contribution in [-0.4, -0.2) is 28.1 Å². The fourth-order valence-corrected chi connectivity index (χ4v) is 2.73. The number of carbonyl (C=O) groups excluding carboxylic acids is 1. The molecule has 0 fully saturated rings. The van der Waals surface area contributed by atoms with E-state index in [1.165, 1.54) is 12.4 Å². The molecular weight excluding hydrogens is 394 g/mol. The zero-order valence-electron chi connectivity index (χ0n) is 15.6. The van der Waals surface area contributed by atoms with E-state index in [0.29, 0.717) is 11.4 Å². The second kappa shape index (κ2) is 8.08. The Morgan fingerprint density at radius 2 is 1.80 bits per heavy atom. The first-order valence-corrected chi connectivity index (χ1v) is 8.73. The molecule has 4 aromatic rings. The van der Waals surface area contributed by atoms with Crippen molar-refractivity contribution in [3.05, 3.63) is 78.3 Å². The first-order valence-electron chi connectivity index (χ1n) is 8.73. The highest BCUT2D eigenvalue weighted by Crippen LogP contribution is 2.25. The minimum absolute atomic E-state index is 0.00115. The molecule has 0 aliphatic rings. The van der Waals surface area contributed by atoms with Gasteiger partial charge in [-0.15, -0.1) is 0 Å². The number of carbonyl (C=O) groups is 1. The molecule has 7 nitrogen and oxygen atoms in total. The Morgan fingerprint density at radius 3 is 2.57 bits per heavy atom. The van der Waals surface area contributed by atoms with Gasteiger partial charge in [-0.2, -0.15) is 0 Å². The SMILES string of the molecule is COc1ccc(-c2cc(NC(=O)c3cc(-c4cc(F)ccc4F)no3)ncn2)cc1. The quantitative estimate of drug-likeness (QED) is 0.528. The zero-order chi connectivity index (χ0) is 21.1. The van der Waals surface area contributed by atoms with Crippen molar-refractivity contribution in [2.24, 2.45) is 0 Å². The van der Waals surface area contributed by atoms with E-state index in [-0.39, 0.29) is 22.8 Å². The molecule has 0 aliphatic carbocycles. The van der Waals surface area contributed by atoms with Crippen LogP contribution in [0.25, 0.3) is 22.5 Å². The first-order chi connectivity index (χ1) is 14.5. The predicted molar refractivity (Wildman–Crippen MR) is 104 cm³/mol. The van der Waals surface area contributed by atoms with Crippen molar-refractivity contribution in [1.82, 2.24) is 15.1 Å². The number of nitrogens with one attached hydrogen (secondary N) is 1. The summed E-state index contributed by atoms with van der Waals surface area (Å²) in [6.07, 6.45) is 1.31. The summed E-state index contributed by atoms with van der Waals surface area (Å²) >= 11 is 0. The van der Waals surface area contributed by atoms with E-state index in [1.54, 1.807) is 25.3 Å². The van der Waals surface area contributed by atoms with E-state index < -0.39 is 17.5 Å². The highest BCUT2D eigenvalue weighted by atomic mass is 19.1. The van der Waals surface area contributed by atoms with Crippen molar-refractivity contribution in [1.29, 1.82) is 0 Å². The lowest BCUT2D eigenvalue weighted by Gasteiger charge is -2.05. The van der Waals surface area contributed by atoms with E-state index >= 15 is 0 Å². The maximum Gasteiger partial charge on any atom is 0.295 e. The molecule has 4 rings (SSSR count). The summed E-state index contributed by atoms with van der Waals surface area (Å²) in [5, 5.41) is 6.21. The fraction of sp³-hybridized carbons (Fsp3) is 0.0476. The molecule has 2 heterocycles. The van der Waals surface area contributed by atoms with E-state index in [4.69, 9.17) is 9.26 Å². The summed E-state index contributed by atoms with van der Waals surface area (Å²) in [5.41, 5.74) is 1.28. The van der Waals surface area contributed by atoms with Gasteiger partial charge in [0.15, 0.2) is 0 Å². The molecule has 1 amide bonds. The fourth-order valence-electron chi connectivity index (χ4n) is 2.73. The molecule has 9 heteroatoms. The molecule has 2 aromatic carbocycles. The van der Waals surface area contributed by atoms with E-state index in [2.05, 4.69) is 20.4 Å². The normalized spacial score (nSPS) is 10.6. The topological polar surface area (TPSA) is 90.1 Å². The molecule has 0 bridgehead atoms. The van der Waals surface area contributed by atoms with Gasteiger partial charge in [0.1, 0.15) is 35.2 Å². The molecule has 0 atom stereocenters. The number of nitrogens with zero attached hydrogens (tertiary/aromatic N) is 3. The van der Waals surface area contributed by atoms with Crippen LogP contribution in [0.3, 0.4) is 0 Å². The molecule has 0 saturated heterocycles. The number of methoxy groups -OCH3 is 1. The van der Waals surface area contributed by atoms with Crippen molar-refractivity contribution in [3.63, 3.8) is 0 Å². The number of aromatic nitrogens is 3. The lowest BCUT2D eigenvalue weighted by Crippen LogP contribution is -2.12. The van der Waals surface area contributed by atoms with Crippen LogP contribution in [0.15, 0.2) is 65.4 Å². The van der Waals surface area contributed by atoms with Gasteiger partial charge in [-0.05, 0) is 42.5 Å². The van der Waals surface area contributed by atoms with Crippen LogP contribution in [0.4, 0.5) is 14.6 Å². The highest BCUT2D eigenvalue weighted by molar-refractivity contribution is 6.02. The number of hydrogen-bond donors (Lipinski definition) is 1. The Bertz CT molecular complexity index is 1210. The van der Waals surface area contributed by atoms with Gasteiger partial charge in [0.05, 0.1) is 12.8 Å². The maximum absolute atomic E-state index is 13.9. The number of ether oxygens (including phenoxy) is 1. The van der Waals surface area contributed by atoms with Crippen molar-refractivity contribution >= 4 is 11.7 Å². The van der Waals surface area contributed by atoms with Crippen LogP contribution < -0.4 is 10.1 Å². The van der Waals surface area contributed by atoms with E-state index in [0.717, 1.165) is 23.8 Å². The van der Waals surface area contributed by atoms with Gasteiger partial charge in [0.2, 0.25) is 5.76 Å². The molecule has 150 valence electrons. The highest BCUT2D eigenvalue weighted by Gasteiger charge is 2.17. The summed E-state index contributed by atoms with van der Waals surface area (Å²) < 4.78 is 37.4. The van der Waals surface area contributed by atoms with E-state index in [1.807, 2.05) is 12.1 Å². The first kappa shape index (κ1) is 19.2. The molecule has 30 heavy (non-hydrogen) atoms. The van der Waals surface area contributed by atoms with Crippen molar-refractivity contribution < 1.29 is 22.8 Å². The van der Waals surface area contributed by atoms with Gasteiger partial charge in [-0.25, -0.2) is 18.7 Å². The van der Waals surface area contributed by atoms with Crippen LogP contribution in [0.5, 0.6) is 5.75 Å². The van der Waals surface area contributed by atoms with Gasteiger partial charge in [-0.1, -0.05) is 5.16 Å². The largest absolute Gasteiger partial charge is 0.497 e. The minimum Gasteiger partial charge on any atom is -0.497 e. The van der Waals surface area contributed by atoms with Crippen molar-refractivity contribution in [2.75, 3.05) is 12.4 Å². The lowest BCUT2D eigenvalue weighted by molar-refractivity contribution is 0.0987. The maximum atomic E-state index is 13.9. The van der Waals surface area contributed by atoms with Crippen LogP contribution in [0.1, 0.15) is 10.6 Å². The number of benzene rings is 2. The standard InChI is InChI=1S/C21H14F2N4O3/c1-29-14-5-2-12(3-6-14)17-10-20(25-11-24-17)26-21(28)19-9-18(27-30-19)15-8-13(22)4-7-16(15)23/h2-11H,1H3,(H,24,25,26,28). The molecular formula is C21H14F2N4O3. The van der Waals surface area contributed by atoms with Crippen LogP contribution >= 0.6 is 0 Å². The van der Waals surface area contributed by atoms with Gasteiger partial charge in [0, 0.05) is 23.3 Å². The average molecular weight is 408 g/mol. The summed E-state index contributed by atoms with van der Waals surface area (Å²) in [5.74, 6) is -1.21. The number of anilines is 1. The Kier molecular flexibility index (Phi) is 5.17. The Morgan fingerprint density at radius 1 is 1.00 bits per heavy atom. The number of rotatable bonds is 5. The minimum atomic E-state index is -0.684. The van der Waals surface area contributed by atoms with Gasteiger partial charge >= 0.3 is 0 Å². The predicted octanol–water partition coefficient (Wildman–Crippen LogP) is 4.34. The van der Waals surface area contributed by atoms with E-state index in [9.17, 15) is 13.6 Å². The van der Waals surface area contributed by atoms with Gasteiger partial charge < -0.3 is 14.6 Å². The summed E-state index contributed by atoms with van der Waals surface area (Å²) in [7, 11) is 1.57. The Balaban J connectivity index is 1.53. The molecule has 0 saturated carbocycles. The van der Waals surface area contributed by atoms with Crippen LogP contribution in [0.2, 0.25) is 0 Å². The summed E-state index contributed by atoms with van der Waals surface area (Å²) in [4.78, 5) is 20.7. The van der Waals surface area contributed by atoms with Gasteiger partial charge in [-0.3, -0.25) is 4.79 Å². The summed E-state index contributed by atoms with van der Waals surface area (Å²) in [6, 6.07) is 13.0. The Labute approximate surface area is 169 Å². The number of amides is 1. The Hall–Kier alpha value is -4.14. The third-order valence-corrected chi connectivity index (χ3v) is 4.23. The van der Waals surface area contributed by atoms with Crippen LogP contribution in [0, 0.1) is 11.6 Å². The summed E-state index contributed by atoms with van der Waals surface area (Å²) in [6.45, 7) is 0. The molecule has 0 aliphatic heterocycles. The zero-order valence-corrected chi connectivity index (χ0v) is 15.6. The monoisotopic (exact) mass is 408 g/mol. The third-order valence-electron chi connectivity index (χ3n) is 4.23. The smallest absolute Gasteiger partial charge is 0.295 e. The van der Waals surface area contributed by atoms with Crippen molar-refractivity contribution in [3.8, 4) is 28.3 Å². The third kappa shape index (κ3) is 4.00. The second-order valence-electron chi connectivity index (χ2n) is 6.17. The molecule has 1 N–H and O–H groups in total. The van der Waals surface area contributed by atoms with Crippen molar-refractivity contribution in [2.45, 2.75) is 0 Å². The lowest BCUT2D eigenvalue weighted by atomic mass is 10.1. The molecule has 2 aromatic heterocycles. The molecule has 0 unspecified atom stereocenters. The van der Waals surface area contributed by atoms with Crippen LogP contribution in [-0.2, 0) is 0 Å². The molecule has 0 radical (unpaired) electrons. The molecule has 0 spiro atoms. The van der Waals surface area contributed by atoms with Gasteiger partial charge in [0.25, 0.3) is 5.91 Å². The number of hydrogen-bond acceptors (Lipinski definition) is 6. The second-order valence-corrected chi connectivity index (χ2v) is 6.17. The number of halogens is 2.